The Morgan fingerprint density at radius 2 is 1.79 bits per heavy atom. The van der Waals surface area contributed by atoms with Crippen LogP contribution in [0.5, 0.6) is 11.5 Å². The van der Waals surface area contributed by atoms with Gasteiger partial charge in [0.1, 0.15) is 5.69 Å². The van der Waals surface area contributed by atoms with Crippen molar-refractivity contribution < 1.29 is 14.3 Å². The average Bonchev–Trinajstić information content (AvgIpc) is 2.75. The highest BCUT2D eigenvalue weighted by atomic mass is 16.5. The molecule has 6 heteroatoms. The number of carbonyl (C=O) groups excluding carboxylic acids is 1. The number of para-hydroxylation sites is 1. The molecule has 0 radical (unpaired) electrons. The van der Waals surface area contributed by atoms with Crippen LogP contribution in [0.4, 0.5) is 11.4 Å². The second-order valence-corrected chi connectivity index (χ2v) is 6.57. The Labute approximate surface area is 170 Å². The summed E-state index contributed by atoms with van der Waals surface area (Å²) in [7, 11) is 3.21. The van der Waals surface area contributed by atoms with E-state index < -0.39 is 0 Å². The zero-order valence-electron chi connectivity index (χ0n) is 16.9. The Kier molecular flexibility index (Phi) is 6.68. The molecule has 0 aliphatic carbocycles. The Hall–Kier alpha value is -3.54. The van der Waals surface area contributed by atoms with E-state index in [1.807, 2.05) is 55.5 Å². The molecule has 2 N–H and O–H groups in total. The van der Waals surface area contributed by atoms with Gasteiger partial charge in [-0.3, -0.25) is 4.79 Å². The molecule has 0 aliphatic rings. The lowest BCUT2D eigenvalue weighted by molar-refractivity contribution is 0.0949. The van der Waals surface area contributed by atoms with E-state index in [1.165, 1.54) is 0 Å². The molecule has 0 fully saturated rings. The molecule has 2 aromatic carbocycles. The van der Waals surface area contributed by atoms with E-state index in [0.717, 1.165) is 22.5 Å². The molecule has 0 bridgehead atoms. The lowest BCUT2D eigenvalue weighted by Crippen LogP contribution is -2.26. The lowest BCUT2D eigenvalue weighted by Gasteiger charge is -2.11. The first kappa shape index (κ1) is 20.2. The summed E-state index contributed by atoms with van der Waals surface area (Å²) in [6, 6.07) is 17.3. The first-order valence-electron chi connectivity index (χ1n) is 9.38. The van der Waals surface area contributed by atoms with Crippen LogP contribution in [-0.2, 0) is 6.42 Å². The number of pyridine rings is 1. The number of nitrogens with zero attached hydrogens (tertiary/aromatic N) is 1. The summed E-state index contributed by atoms with van der Waals surface area (Å²) in [6.45, 7) is 2.54. The Morgan fingerprint density at radius 1 is 1.00 bits per heavy atom. The predicted molar refractivity (Wildman–Crippen MR) is 114 cm³/mol. The van der Waals surface area contributed by atoms with Crippen LogP contribution < -0.4 is 20.1 Å². The largest absolute Gasteiger partial charge is 0.493 e. The van der Waals surface area contributed by atoms with E-state index in [4.69, 9.17) is 9.47 Å². The third kappa shape index (κ3) is 5.25. The summed E-state index contributed by atoms with van der Waals surface area (Å²) in [6.07, 6.45) is 2.34. The van der Waals surface area contributed by atoms with Gasteiger partial charge < -0.3 is 20.1 Å². The van der Waals surface area contributed by atoms with Gasteiger partial charge in [0.2, 0.25) is 0 Å². The van der Waals surface area contributed by atoms with Gasteiger partial charge >= 0.3 is 0 Å². The zero-order valence-corrected chi connectivity index (χ0v) is 16.9. The fraction of sp³-hybridized carbons (Fsp3) is 0.217. The number of nitrogens with one attached hydrogen (secondary N) is 2. The molecule has 6 nitrogen and oxygen atoms in total. The first-order chi connectivity index (χ1) is 14.1. The van der Waals surface area contributed by atoms with Crippen LogP contribution >= 0.6 is 0 Å². The van der Waals surface area contributed by atoms with Gasteiger partial charge in [0, 0.05) is 12.2 Å². The number of ether oxygens (including phenoxy) is 2. The number of hydrogen-bond donors (Lipinski definition) is 2. The minimum absolute atomic E-state index is 0.201. The minimum atomic E-state index is -0.201. The number of anilines is 2. The molecule has 3 aromatic rings. The summed E-state index contributed by atoms with van der Waals surface area (Å²) in [5, 5.41) is 6.20. The van der Waals surface area contributed by atoms with Gasteiger partial charge in [-0.15, -0.1) is 0 Å². The van der Waals surface area contributed by atoms with Crippen LogP contribution in [0.1, 0.15) is 21.6 Å². The molecule has 1 aromatic heterocycles. The van der Waals surface area contributed by atoms with Crippen molar-refractivity contribution >= 4 is 17.3 Å². The number of rotatable bonds is 8. The molecule has 0 atom stereocenters. The second kappa shape index (κ2) is 9.59. The van der Waals surface area contributed by atoms with Crippen LogP contribution in [0.25, 0.3) is 0 Å². The Morgan fingerprint density at radius 3 is 2.48 bits per heavy atom. The second-order valence-electron chi connectivity index (χ2n) is 6.57. The summed E-state index contributed by atoms with van der Waals surface area (Å²) in [5.74, 6) is 1.16. The van der Waals surface area contributed by atoms with Crippen molar-refractivity contribution in [1.82, 2.24) is 10.3 Å². The fourth-order valence-corrected chi connectivity index (χ4v) is 2.92. The van der Waals surface area contributed by atoms with Gasteiger partial charge in [0.05, 0.1) is 26.1 Å². The first-order valence-corrected chi connectivity index (χ1v) is 9.38. The molecule has 1 amide bonds. The molecule has 0 saturated carbocycles. The fourth-order valence-electron chi connectivity index (χ4n) is 2.92. The number of aryl methyl sites for hydroxylation is 1. The van der Waals surface area contributed by atoms with Crippen molar-refractivity contribution in [2.24, 2.45) is 0 Å². The number of hydrogen-bond acceptors (Lipinski definition) is 5. The van der Waals surface area contributed by atoms with Crippen molar-refractivity contribution in [3.8, 4) is 11.5 Å². The van der Waals surface area contributed by atoms with E-state index in [2.05, 4.69) is 15.6 Å². The van der Waals surface area contributed by atoms with E-state index in [9.17, 15) is 4.79 Å². The average molecular weight is 391 g/mol. The summed E-state index contributed by atoms with van der Waals surface area (Å²) in [4.78, 5) is 16.6. The van der Waals surface area contributed by atoms with Gasteiger partial charge in [-0.05, 0) is 54.8 Å². The van der Waals surface area contributed by atoms with Crippen molar-refractivity contribution in [2.45, 2.75) is 13.3 Å². The lowest BCUT2D eigenvalue weighted by atomic mass is 10.1. The van der Waals surface area contributed by atoms with Gasteiger partial charge in [-0.1, -0.05) is 24.3 Å². The SMILES string of the molecule is COc1ccc(CCNC(=O)c2ccc(Nc3ccccc3C)cn2)cc1OC. The molecule has 0 spiro atoms. The number of benzene rings is 2. The van der Waals surface area contributed by atoms with Crippen LogP contribution in [0.15, 0.2) is 60.8 Å². The highest BCUT2D eigenvalue weighted by Crippen LogP contribution is 2.27. The smallest absolute Gasteiger partial charge is 0.269 e. The highest BCUT2D eigenvalue weighted by Gasteiger charge is 2.08. The van der Waals surface area contributed by atoms with Gasteiger partial charge in [-0.2, -0.15) is 0 Å². The van der Waals surface area contributed by atoms with Gasteiger partial charge in [0.15, 0.2) is 11.5 Å². The molecular weight excluding hydrogens is 366 g/mol. The van der Waals surface area contributed by atoms with E-state index in [1.54, 1.807) is 26.5 Å². The van der Waals surface area contributed by atoms with Crippen molar-refractivity contribution in [2.75, 3.05) is 26.1 Å². The van der Waals surface area contributed by atoms with Crippen LogP contribution in [0, 0.1) is 6.92 Å². The molecular formula is C23H25N3O3. The standard InChI is InChI=1S/C23H25N3O3/c1-16-6-4-5-7-19(16)26-18-9-10-20(25-15-18)23(27)24-13-12-17-8-11-21(28-2)22(14-17)29-3/h4-11,14-15,26H,12-13H2,1-3H3,(H,24,27). The quantitative estimate of drug-likeness (QED) is 0.604. The molecule has 0 aliphatic heterocycles. The topological polar surface area (TPSA) is 72.5 Å². The van der Waals surface area contributed by atoms with Crippen molar-refractivity contribution in [3.05, 3.63) is 77.6 Å². The number of aromatic nitrogens is 1. The highest BCUT2D eigenvalue weighted by molar-refractivity contribution is 5.92. The maximum Gasteiger partial charge on any atom is 0.269 e. The predicted octanol–water partition coefficient (Wildman–Crippen LogP) is 4.12. The van der Waals surface area contributed by atoms with E-state index in [0.29, 0.717) is 30.2 Å². The maximum absolute atomic E-state index is 12.3. The Bertz CT molecular complexity index is 971. The van der Waals surface area contributed by atoms with Gasteiger partial charge in [0.25, 0.3) is 5.91 Å². The molecule has 3 rings (SSSR count). The number of carbonyl (C=O) groups is 1. The van der Waals surface area contributed by atoms with Crippen LogP contribution in [0.2, 0.25) is 0 Å². The zero-order chi connectivity index (χ0) is 20.6. The van der Waals surface area contributed by atoms with Crippen LogP contribution in [-0.4, -0.2) is 31.7 Å². The molecule has 29 heavy (non-hydrogen) atoms. The molecule has 1 heterocycles. The van der Waals surface area contributed by atoms with Crippen molar-refractivity contribution in [1.29, 1.82) is 0 Å². The van der Waals surface area contributed by atoms with Crippen molar-refractivity contribution in [3.63, 3.8) is 0 Å². The third-order valence-corrected chi connectivity index (χ3v) is 4.57. The molecule has 150 valence electrons. The normalized spacial score (nSPS) is 10.3. The third-order valence-electron chi connectivity index (χ3n) is 4.57. The minimum Gasteiger partial charge on any atom is -0.493 e. The summed E-state index contributed by atoms with van der Waals surface area (Å²) < 4.78 is 10.5. The monoisotopic (exact) mass is 391 g/mol. The van der Waals surface area contributed by atoms with Gasteiger partial charge in [-0.25, -0.2) is 4.98 Å². The van der Waals surface area contributed by atoms with E-state index >= 15 is 0 Å². The van der Waals surface area contributed by atoms with E-state index in [-0.39, 0.29) is 5.91 Å². The Balaban J connectivity index is 1.54. The van der Waals surface area contributed by atoms with Crippen LogP contribution in [0.3, 0.4) is 0 Å². The summed E-state index contributed by atoms with van der Waals surface area (Å²) in [5.41, 5.74) is 4.42. The molecule has 0 saturated heterocycles. The molecule has 0 unspecified atom stereocenters. The number of amides is 1. The maximum atomic E-state index is 12.3. The number of methoxy groups -OCH3 is 2. The summed E-state index contributed by atoms with van der Waals surface area (Å²) >= 11 is 0.